The molecule has 11 rings (SSSR count). The highest BCUT2D eigenvalue weighted by molar-refractivity contribution is 6.76. The van der Waals surface area contributed by atoms with E-state index in [1.54, 1.807) is 12.4 Å². The average molecular weight is 1210 g/mol. The minimum atomic E-state index is -1.17. The number of hydrogen-bond donors (Lipinski definition) is 0. The van der Waals surface area contributed by atoms with Crippen LogP contribution in [0.4, 0.5) is 11.6 Å². The molecule has 3 fully saturated rings. The summed E-state index contributed by atoms with van der Waals surface area (Å²) in [7, 11) is -2.77. The molecule has 24 heteroatoms. The van der Waals surface area contributed by atoms with Crippen LogP contribution in [-0.4, -0.2) is 150 Å². The summed E-state index contributed by atoms with van der Waals surface area (Å²) < 4.78 is 39.9. The summed E-state index contributed by atoms with van der Waals surface area (Å²) in [5.41, 5.74) is 6.93. The molecule has 3 aliphatic heterocycles. The van der Waals surface area contributed by atoms with E-state index in [4.69, 9.17) is 73.3 Å². The first-order valence-electron chi connectivity index (χ1n) is 27.8. The van der Waals surface area contributed by atoms with Gasteiger partial charge in [-0.15, -0.1) is 0 Å². The number of anilines is 2. The molecule has 0 amide bonds. The van der Waals surface area contributed by atoms with E-state index in [0.29, 0.717) is 42.5 Å². The zero-order chi connectivity index (χ0) is 58.2. The number of benzene rings is 2. The first-order valence-corrected chi connectivity index (χ1v) is 36.4. The molecule has 9 heterocycles. The van der Waals surface area contributed by atoms with Gasteiger partial charge in [0.2, 0.25) is 5.28 Å². The molecule has 6 aromatic heterocycles. The maximum absolute atomic E-state index is 6.36. The molecule has 0 saturated carbocycles. The minimum Gasteiger partial charge on any atom is -0.399 e. The Kier molecular flexibility index (Phi) is 19.9. The van der Waals surface area contributed by atoms with E-state index in [2.05, 4.69) is 149 Å². The second-order valence-corrected chi connectivity index (χ2v) is 36.3. The molecular formula is C58H74BCl3N12O6Si2. The predicted octanol–water partition coefficient (Wildman–Crippen LogP) is 11.7. The number of morpholine rings is 2. The Morgan fingerprint density at radius 1 is 0.537 bits per heavy atom. The number of nitrogens with zero attached hydrogens (tertiary/aromatic N) is 12. The lowest BCUT2D eigenvalue weighted by molar-refractivity contribution is 0.00578. The van der Waals surface area contributed by atoms with Crippen molar-refractivity contribution in [2.45, 2.75) is 104 Å². The summed E-state index contributed by atoms with van der Waals surface area (Å²) in [5, 5.41) is 13.3. The maximum atomic E-state index is 6.36. The molecule has 2 aromatic carbocycles. The van der Waals surface area contributed by atoms with Gasteiger partial charge in [-0.3, -0.25) is 0 Å². The highest BCUT2D eigenvalue weighted by Crippen LogP contribution is 2.38. The third-order valence-electron chi connectivity index (χ3n) is 14.6. The van der Waals surface area contributed by atoms with Crippen molar-refractivity contribution in [2.75, 3.05) is 75.6 Å². The second kappa shape index (κ2) is 26.6. The summed E-state index contributed by atoms with van der Waals surface area (Å²) in [6.45, 7) is 31.0. The molecule has 0 radical (unpaired) electrons. The zero-order valence-corrected chi connectivity index (χ0v) is 52.9. The van der Waals surface area contributed by atoms with Crippen LogP contribution in [0.25, 0.3) is 55.7 Å². The van der Waals surface area contributed by atoms with Crippen molar-refractivity contribution < 1.29 is 28.3 Å². The van der Waals surface area contributed by atoms with Crippen LogP contribution in [0.15, 0.2) is 97.8 Å². The van der Waals surface area contributed by atoms with Crippen molar-refractivity contribution in [1.29, 1.82) is 0 Å². The fourth-order valence-corrected chi connectivity index (χ4v) is 10.9. The van der Waals surface area contributed by atoms with Crippen molar-refractivity contribution in [3.05, 3.63) is 113 Å². The third-order valence-corrected chi connectivity index (χ3v) is 18.6. The SMILES string of the molecule is CC1(C)OB(c2ccc3c(c2)c(-c2ccnc(N4CCOCC4)c2)nn3COCC[Si](C)(C)C)OC1(C)C.C[Si](C)(C)CCOCn1nc(-c2ccnc(N3CCOCC3)c2)c2cc(-c3ncc(Cl)cn3)ccc21.Clc1cnc(Cl)nc1. The van der Waals surface area contributed by atoms with Crippen LogP contribution < -0.4 is 15.3 Å². The smallest absolute Gasteiger partial charge is 0.399 e. The van der Waals surface area contributed by atoms with Gasteiger partial charge >= 0.3 is 7.12 Å². The quantitative estimate of drug-likeness (QED) is 0.0507. The van der Waals surface area contributed by atoms with Crippen molar-refractivity contribution >= 4 is 97.0 Å². The number of rotatable bonds is 16. The molecule has 3 saturated heterocycles. The van der Waals surface area contributed by atoms with Crippen LogP contribution in [0, 0.1) is 0 Å². The van der Waals surface area contributed by atoms with Crippen molar-refractivity contribution in [1.82, 2.24) is 49.5 Å². The summed E-state index contributed by atoms with van der Waals surface area (Å²) in [4.78, 5) is 29.8. The lowest BCUT2D eigenvalue weighted by atomic mass is 9.78. The Hall–Kier alpha value is -5.43. The molecule has 0 aliphatic carbocycles. The van der Waals surface area contributed by atoms with Gasteiger partial charge in [-0.25, -0.2) is 39.3 Å². The third kappa shape index (κ3) is 15.9. The van der Waals surface area contributed by atoms with Gasteiger partial charge in [0.25, 0.3) is 0 Å². The van der Waals surface area contributed by atoms with Gasteiger partial charge in [-0.05, 0) is 105 Å². The number of aromatic nitrogens is 10. The molecule has 8 aromatic rings. The highest BCUT2D eigenvalue weighted by atomic mass is 35.5. The topological polar surface area (TPSA) is 175 Å². The maximum Gasteiger partial charge on any atom is 0.494 e. The van der Waals surface area contributed by atoms with Crippen molar-refractivity contribution in [3.63, 3.8) is 0 Å². The largest absolute Gasteiger partial charge is 0.494 e. The summed E-state index contributed by atoms with van der Waals surface area (Å²) >= 11 is 16.8. The number of pyridine rings is 2. The lowest BCUT2D eigenvalue weighted by Crippen LogP contribution is -2.41. The average Bonchev–Trinajstić information content (AvgIpc) is 4.29. The Morgan fingerprint density at radius 3 is 1.43 bits per heavy atom. The molecule has 434 valence electrons. The standard InChI is InChI=1S/C28H41BN4O4Si.C26H31ClN6O2Si.C4H2Cl2N2/c1-27(2)28(3,4)37-29(36-27)22-8-9-24-23(19-22)26(31-33(24)20-35-16-17-38(5,6)7)21-10-11-30-25(18-21)32-12-14-34-15-13-32;1-36(2,3)13-12-35-18-33-23-5-4-20(26-29-16-21(27)17-30-26)14-22(23)25(31-33)19-6-7-28-24(15-19)32-8-10-34-11-9-32;5-3-1-7-4(6)8-2-3/h8-11,18-19H,12-17,20H2,1-7H3;4-7,14-17H,8-13,18H2,1-3H3;1-2H. The first-order chi connectivity index (χ1) is 39.1. The van der Waals surface area contributed by atoms with E-state index >= 15 is 0 Å². The van der Waals surface area contributed by atoms with E-state index in [1.165, 1.54) is 12.4 Å². The van der Waals surface area contributed by atoms with E-state index in [0.717, 1.165) is 132 Å². The molecule has 0 unspecified atom stereocenters. The molecule has 18 nitrogen and oxygen atoms in total. The zero-order valence-electron chi connectivity index (χ0n) is 48.7. The Bertz CT molecular complexity index is 3370. The first kappa shape index (κ1) is 61.1. The minimum absolute atomic E-state index is 0.217. The predicted molar refractivity (Wildman–Crippen MR) is 334 cm³/mol. The highest BCUT2D eigenvalue weighted by Gasteiger charge is 2.51. The molecule has 82 heavy (non-hydrogen) atoms. The Labute approximate surface area is 498 Å². The van der Waals surface area contributed by atoms with Gasteiger partial charge in [-0.1, -0.05) is 74.6 Å². The molecule has 0 atom stereocenters. The molecule has 0 spiro atoms. The van der Waals surface area contributed by atoms with Gasteiger partial charge in [0.1, 0.15) is 36.5 Å². The van der Waals surface area contributed by atoms with Crippen LogP contribution in [0.5, 0.6) is 0 Å². The Morgan fingerprint density at radius 2 is 0.976 bits per heavy atom. The van der Waals surface area contributed by atoms with Crippen molar-refractivity contribution in [2.24, 2.45) is 0 Å². The van der Waals surface area contributed by atoms with E-state index in [1.807, 2.05) is 40.0 Å². The molecule has 0 bridgehead atoms. The van der Waals surface area contributed by atoms with Gasteiger partial charge in [-0.2, -0.15) is 10.2 Å². The van der Waals surface area contributed by atoms with Gasteiger partial charge in [0.15, 0.2) is 5.82 Å². The molecule has 0 N–H and O–H groups in total. The van der Waals surface area contributed by atoms with E-state index < -0.39 is 34.5 Å². The summed E-state index contributed by atoms with van der Waals surface area (Å²) in [5.74, 6) is 2.50. The van der Waals surface area contributed by atoms with Crippen LogP contribution >= 0.6 is 34.8 Å². The molecule has 3 aliphatic rings. The van der Waals surface area contributed by atoms with Crippen LogP contribution in [0.3, 0.4) is 0 Å². The normalized spacial score (nSPS) is 16.3. The Balaban J connectivity index is 0.000000174. The number of ether oxygens (including phenoxy) is 4. The second-order valence-electron chi connectivity index (χ2n) is 23.9. The van der Waals surface area contributed by atoms with Crippen LogP contribution in [-0.2, 0) is 41.7 Å². The van der Waals surface area contributed by atoms with E-state index in [9.17, 15) is 0 Å². The van der Waals surface area contributed by atoms with Gasteiger partial charge in [0.05, 0.1) is 71.1 Å². The van der Waals surface area contributed by atoms with Crippen LogP contribution in [0.1, 0.15) is 27.7 Å². The monoisotopic (exact) mass is 1210 g/mol. The van der Waals surface area contributed by atoms with Gasteiger partial charge < -0.3 is 38.1 Å². The number of fused-ring (bicyclic) bond motifs is 2. The van der Waals surface area contributed by atoms with Crippen molar-refractivity contribution in [3.8, 4) is 33.9 Å². The number of hydrogen-bond acceptors (Lipinski definition) is 16. The summed E-state index contributed by atoms with van der Waals surface area (Å²) in [6, 6.07) is 23.0. The van der Waals surface area contributed by atoms with Gasteiger partial charge in [0, 0.05) is 108 Å². The summed E-state index contributed by atoms with van der Waals surface area (Å²) in [6.07, 6.45) is 9.83. The lowest BCUT2D eigenvalue weighted by Gasteiger charge is -2.32. The molecular weight excluding hydrogens is 1130 g/mol. The fourth-order valence-electron chi connectivity index (χ4n) is 9.14. The van der Waals surface area contributed by atoms with E-state index in [-0.39, 0.29) is 5.28 Å². The fraction of sp³-hybridized carbons (Fsp3) is 0.448. The number of halogens is 3. The van der Waals surface area contributed by atoms with Crippen LogP contribution in [0.2, 0.25) is 66.7 Å².